The molecule has 0 radical (unpaired) electrons. The van der Waals surface area contributed by atoms with Crippen molar-refractivity contribution in [2.45, 2.75) is 6.43 Å². The highest BCUT2D eigenvalue weighted by atomic mass is 19.3. The number of primary amides is 1. The zero-order valence-electron chi connectivity index (χ0n) is 10.5. The Kier molecular flexibility index (Phi) is 3.88. The van der Waals surface area contributed by atoms with Crippen LogP contribution in [0.5, 0.6) is 5.75 Å². The van der Waals surface area contributed by atoms with E-state index in [0.717, 1.165) is 6.07 Å². The summed E-state index contributed by atoms with van der Waals surface area (Å²) in [6.45, 7) is 0. The van der Waals surface area contributed by atoms with Crippen molar-refractivity contribution in [3.05, 3.63) is 42.0 Å². The summed E-state index contributed by atoms with van der Waals surface area (Å²) in [5, 5.41) is 0. The number of carbonyl (C=O) groups excluding carboxylic acids is 1. The highest BCUT2D eigenvalue weighted by Crippen LogP contribution is 2.33. The summed E-state index contributed by atoms with van der Waals surface area (Å²) in [7, 11) is 1.38. The zero-order chi connectivity index (χ0) is 14.7. The molecule has 2 heterocycles. The molecule has 20 heavy (non-hydrogen) atoms. The second kappa shape index (κ2) is 5.60. The molecule has 0 aliphatic heterocycles. The van der Waals surface area contributed by atoms with Crippen molar-refractivity contribution in [2.75, 3.05) is 7.11 Å². The van der Waals surface area contributed by atoms with Crippen LogP contribution in [-0.4, -0.2) is 23.0 Å². The molecule has 2 N–H and O–H groups in total. The molecule has 1 amide bonds. The van der Waals surface area contributed by atoms with Gasteiger partial charge in [0.05, 0.1) is 18.9 Å². The van der Waals surface area contributed by atoms with Crippen LogP contribution in [0.2, 0.25) is 0 Å². The Bertz CT molecular complexity index is 647. The maximum atomic E-state index is 12.7. The standard InChI is InChI=1S/C13H11F2N3O2/c1-20-11-6-18-10(12(14)15)4-8(11)9-5-17-3-2-7(9)13(16)19/h2-6,12H,1H3,(H2,16,19). The number of halogens is 2. The maximum absolute atomic E-state index is 12.7. The minimum absolute atomic E-state index is 0.171. The van der Waals surface area contributed by atoms with E-state index in [1.54, 1.807) is 0 Å². The number of alkyl halides is 2. The second-order valence-electron chi connectivity index (χ2n) is 3.90. The number of pyridine rings is 2. The number of methoxy groups -OCH3 is 1. The normalized spacial score (nSPS) is 10.6. The average Bonchev–Trinajstić information content (AvgIpc) is 2.46. The fraction of sp³-hybridized carbons (Fsp3) is 0.154. The number of nitrogens with two attached hydrogens (primary N) is 1. The van der Waals surface area contributed by atoms with Crippen molar-refractivity contribution in [2.24, 2.45) is 5.73 Å². The quantitative estimate of drug-likeness (QED) is 0.930. The molecule has 0 spiro atoms. The molecule has 0 saturated heterocycles. The van der Waals surface area contributed by atoms with E-state index in [1.165, 1.54) is 31.8 Å². The van der Waals surface area contributed by atoms with E-state index >= 15 is 0 Å². The molecule has 104 valence electrons. The largest absolute Gasteiger partial charge is 0.494 e. The zero-order valence-corrected chi connectivity index (χ0v) is 10.5. The van der Waals surface area contributed by atoms with E-state index in [-0.39, 0.29) is 11.3 Å². The van der Waals surface area contributed by atoms with Crippen molar-refractivity contribution in [3.8, 4) is 16.9 Å². The predicted octanol–water partition coefficient (Wildman–Crippen LogP) is 2.19. The SMILES string of the molecule is COc1cnc(C(F)F)cc1-c1cnccc1C(N)=O. The van der Waals surface area contributed by atoms with Crippen molar-refractivity contribution < 1.29 is 18.3 Å². The van der Waals surface area contributed by atoms with Gasteiger partial charge >= 0.3 is 0 Å². The molecule has 0 aromatic carbocycles. The Morgan fingerprint density at radius 3 is 2.70 bits per heavy atom. The Labute approximate surface area is 113 Å². The van der Waals surface area contributed by atoms with Crippen LogP contribution >= 0.6 is 0 Å². The number of aromatic nitrogens is 2. The molecule has 0 aliphatic carbocycles. The Hall–Kier alpha value is -2.57. The minimum atomic E-state index is -2.73. The molecule has 0 unspecified atom stereocenters. The molecule has 2 aromatic rings. The van der Waals surface area contributed by atoms with Crippen molar-refractivity contribution in [1.82, 2.24) is 9.97 Å². The molecular weight excluding hydrogens is 268 g/mol. The summed E-state index contributed by atoms with van der Waals surface area (Å²) in [5.74, 6) is -0.426. The lowest BCUT2D eigenvalue weighted by Gasteiger charge is -2.12. The molecule has 0 atom stereocenters. The van der Waals surface area contributed by atoms with Crippen LogP contribution in [0.3, 0.4) is 0 Å². The number of rotatable bonds is 4. The van der Waals surface area contributed by atoms with Crippen LogP contribution in [0.4, 0.5) is 8.78 Å². The minimum Gasteiger partial charge on any atom is -0.494 e. The van der Waals surface area contributed by atoms with E-state index in [2.05, 4.69) is 9.97 Å². The maximum Gasteiger partial charge on any atom is 0.280 e. The van der Waals surface area contributed by atoms with E-state index in [1.807, 2.05) is 0 Å². The molecule has 2 rings (SSSR count). The van der Waals surface area contributed by atoms with E-state index in [4.69, 9.17) is 10.5 Å². The summed E-state index contributed by atoms with van der Waals surface area (Å²) in [6, 6.07) is 2.58. The van der Waals surface area contributed by atoms with Gasteiger partial charge in [-0.25, -0.2) is 8.78 Å². The van der Waals surface area contributed by atoms with Gasteiger partial charge in [-0.05, 0) is 12.1 Å². The topological polar surface area (TPSA) is 78.1 Å². The molecule has 0 bridgehead atoms. The first kappa shape index (κ1) is 13.9. The fourth-order valence-electron chi connectivity index (χ4n) is 1.78. The number of hydrogen-bond acceptors (Lipinski definition) is 4. The highest BCUT2D eigenvalue weighted by Gasteiger charge is 2.18. The van der Waals surface area contributed by atoms with E-state index in [0.29, 0.717) is 11.1 Å². The van der Waals surface area contributed by atoms with Gasteiger partial charge in [-0.3, -0.25) is 14.8 Å². The van der Waals surface area contributed by atoms with Gasteiger partial charge < -0.3 is 10.5 Å². The Morgan fingerprint density at radius 1 is 1.35 bits per heavy atom. The predicted molar refractivity (Wildman–Crippen MR) is 67.5 cm³/mol. The molecule has 7 heteroatoms. The number of ether oxygens (including phenoxy) is 1. The van der Waals surface area contributed by atoms with Crippen molar-refractivity contribution in [1.29, 1.82) is 0 Å². The smallest absolute Gasteiger partial charge is 0.280 e. The first-order chi connectivity index (χ1) is 9.54. The van der Waals surface area contributed by atoms with Gasteiger partial charge in [-0.1, -0.05) is 0 Å². The van der Waals surface area contributed by atoms with Crippen LogP contribution < -0.4 is 10.5 Å². The fourth-order valence-corrected chi connectivity index (χ4v) is 1.78. The first-order valence-electron chi connectivity index (χ1n) is 5.61. The lowest BCUT2D eigenvalue weighted by Crippen LogP contribution is -2.12. The molecule has 0 saturated carbocycles. The van der Waals surface area contributed by atoms with Gasteiger partial charge in [-0.2, -0.15) is 0 Å². The number of nitrogens with zero attached hydrogens (tertiary/aromatic N) is 2. The third-order valence-electron chi connectivity index (χ3n) is 2.71. The van der Waals surface area contributed by atoms with Crippen LogP contribution in [0.15, 0.2) is 30.7 Å². The summed E-state index contributed by atoms with van der Waals surface area (Å²) in [5.41, 5.74) is 5.64. The summed E-state index contributed by atoms with van der Waals surface area (Å²) < 4.78 is 30.6. The summed E-state index contributed by atoms with van der Waals surface area (Å²) >= 11 is 0. The molecule has 5 nitrogen and oxygen atoms in total. The molecular formula is C13H11F2N3O2. The number of amides is 1. The first-order valence-corrected chi connectivity index (χ1v) is 5.61. The van der Waals surface area contributed by atoms with Crippen LogP contribution in [0.1, 0.15) is 22.5 Å². The number of hydrogen-bond donors (Lipinski definition) is 1. The monoisotopic (exact) mass is 279 g/mol. The van der Waals surface area contributed by atoms with E-state index in [9.17, 15) is 13.6 Å². The Balaban J connectivity index is 2.67. The third-order valence-corrected chi connectivity index (χ3v) is 2.71. The third kappa shape index (κ3) is 2.56. The van der Waals surface area contributed by atoms with Crippen LogP contribution in [0, 0.1) is 0 Å². The van der Waals surface area contributed by atoms with Crippen molar-refractivity contribution >= 4 is 5.91 Å². The molecule has 0 aliphatic rings. The average molecular weight is 279 g/mol. The highest BCUT2D eigenvalue weighted by molar-refractivity contribution is 6.00. The van der Waals surface area contributed by atoms with Crippen molar-refractivity contribution in [3.63, 3.8) is 0 Å². The van der Waals surface area contributed by atoms with Gasteiger partial charge in [-0.15, -0.1) is 0 Å². The van der Waals surface area contributed by atoms with E-state index < -0.39 is 18.0 Å². The van der Waals surface area contributed by atoms with Gasteiger partial charge in [0.1, 0.15) is 11.4 Å². The summed E-state index contributed by atoms with van der Waals surface area (Å²) in [4.78, 5) is 18.9. The van der Waals surface area contributed by atoms with Crippen LogP contribution in [0.25, 0.3) is 11.1 Å². The molecule has 0 fully saturated rings. The summed E-state index contributed by atoms with van der Waals surface area (Å²) in [6.07, 6.45) is 1.21. The van der Waals surface area contributed by atoms with Gasteiger partial charge in [0.15, 0.2) is 0 Å². The molecule has 2 aromatic heterocycles. The lowest BCUT2D eigenvalue weighted by atomic mass is 10.0. The van der Waals surface area contributed by atoms with Crippen LogP contribution in [-0.2, 0) is 0 Å². The second-order valence-corrected chi connectivity index (χ2v) is 3.90. The Morgan fingerprint density at radius 2 is 2.10 bits per heavy atom. The van der Waals surface area contributed by atoms with Gasteiger partial charge in [0.2, 0.25) is 5.91 Å². The van der Waals surface area contributed by atoms with Gasteiger partial charge in [0, 0.05) is 23.5 Å². The lowest BCUT2D eigenvalue weighted by molar-refractivity contribution is 0.100. The van der Waals surface area contributed by atoms with Gasteiger partial charge in [0.25, 0.3) is 6.43 Å². The number of carbonyl (C=O) groups is 1.